The zero-order valence-electron chi connectivity index (χ0n) is 17.5. The molecule has 4 aromatic rings. The average molecular weight is 432 g/mol. The van der Waals surface area contributed by atoms with E-state index in [9.17, 15) is 4.79 Å². The van der Waals surface area contributed by atoms with Gasteiger partial charge in [0.1, 0.15) is 11.3 Å². The van der Waals surface area contributed by atoms with Crippen molar-refractivity contribution in [3.8, 4) is 16.9 Å². The highest BCUT2D eigenvalue weighted by molar-refractivity contribution is 6.31. The van der Waals surface area contributed by atoms with Crippen molar-refractivity contribution in [2.75, 3.05) is 12.4 Å². The molecule has 0 unspecified atom stereocenters. The fraction of sp³-hybridized carbons (Fsp3) is 0.115. The van der Waals surface area contributed by atoms with Gasteiger partial charge in [0.25, 0.3) is 0 Å². The summed E-state index contributed by atoms with van der Waals surface area (Å²) in [5.41, 5.74) is 5.99. The highest BCUT2D eigenvalue weighted by Crippen LogP contribution is 2.40. The van der Waals surface area contributed by atoms with E-state index in [4.69, 9.17) is 20.8 Å². The third-order valence-corrected chi connectivity index (χ3v) is 5.43. The summed E-state index contributed by atoms with van der Waals surface area (Å²) in [6.07, 6.45) is 3.33. The van der Waals surface area contributed by atoms with Gasteiger partial charge in [-0.25, -0.2) is 0 Å². The van der Waals surface area contributed by atoms with Crippen LogP contribution in [0.25, 0.3) is 27.7 Å². The molecular weight excluding hydrogens is 410 g/mol. The predicted octanol–water partition coefficient (Wildman–Crippen LogP) is 7.11. The maximum absolute atomic E-state index is 12.6. The smallest absolute Gasteiger partial charge is 0.248 e. The Hall–Kier alpha value is -3.50. The summed E-state index contributed by atoms with van der Waals surface area (Å²) >= 11 is 6.00. The first kappa shape index (κ1) is 20.8. The Bertz CT molecular complexity index is 1290. The molecule has 1 amide bonds. The summed E-state index contributed by atoms with van der Waals surface area (Å²) in [5, 5.41) is 4.38. The molecule has 1 N–H and O–H groups in total. The summed E-state index contributed by atoms with van der Waals surface area (Å²) in [4.78, 5) is 12.6. The standard InChI is InChI=1S/C26H22ClNO3/c1-16(12-24(29)28-20-11-7-10-19(27)13-20)21-14-22-23(18-8-5-4-6-9-18)15-31-26(22)17(2)25(21)30-3/h4-15H,1-3H3,(H,28,29)/b16-12+. The zero-order chi connectivity index (χ0) is 22.0. The number of aryl methyl sites for hydroxylation is 1. The number of hydrogen-bond donors (Lipinski definition) is 1. The van der Waals surface area contributed by atoms with Crippen LogP contribution >= 0.6 is 11.6 Å². The molecule has 0 atom stereocenters. The minimum Gasteiger partial charge on any atom is -0.496 e. The van der Waals surface area contributed by atoms with E-state index in [1.165, 1.54) is 0 Å². The van der Waals surface area contributed by atoms with Gasteiger partial charge in [0.05, 0.1) is 13.4 Å². The molecule has 5 heteroatoms. The monoisotopic (exact) mass is 431 g/mol. The Balaban J connectivity index is 1.76. The molecule has 0 fully saturated rings. The normalized spacial score (nSPS) is 11.5. The highest BCUT2D eigenvalue weighted by atomic mass is 35.5. The molecule has 31 heavy (non-hydrogen) atoms. The van der Waals surface area contributed by atoms with Crippen LogP contribution < -0.4 is 10.1 Å². The van der Waals surface area contributed by atoms with Gasteiger partial charge in [0, 0.05) is 38.9 Å². The van der Waals surface area contributed by atoms with E-state index < -0.39 is 0 Å². The summed E-state index contributed by atoms with van der Waals surface area (Å²) in [6.45, 7) is 3.85. The quantitative estimate of drug-likeness (QED) is 0.342. The summed E-state index contributed by atoms with van der Waals surface area (Å²) < 4.78 is 11.6. The molecule has 156 valence electrons. The van der Waals surface area contributed by atoms with Gasteiger partial charge in [-0.1, -0.05) is 48.0 Å². The summed E-state index contributed by atoms with van der Waals surface area (Å²) in [6, 6.07) is 19.1. The molecule has 1 aromatic heterocycles. The molecule has 0 aliphatic rings. The Morgan fingerprint density at radius 2 is 1.87 bits per heavy atom. The molecule has 0 radical (unpaired) electrons. The molecule has 1 heterocycles. The van der Waals surface area contributed by atoms with Crippen LogP contribution in [-0.2, 0) is 4.79 Å². The molecule has 0 saturated heterocycles. The van der Waals surface area contributed by atoms with Crippen molar-refractivity contribution in [2.45, 2.75) is 13.8 Å². The van der Waals surface area contributed by atoms with Crippen molar-refractivity contribution in [2.24, 2.45) is 0 Å². The molecule has 3 aromatic carbocycles. The van der Waals surface area contributed by atoms with Crippen molar-refractivity contribution in [3.05, 3.63) is 89.2 Å². The molecule has 0 bridgehead atoms. The van der Waals surface area contributed by atoms with Crippen molar-refractivity contribution in [1.29, 1.82) is 0 Å². The minimum absolute atomic E-state index is 0.241. The Morgan fingerprint density at radius 1 is 1.10 bits per heavy atom. The summed E-state index contributed by atoms with van der Waals surface area (Å²) in [5.74, 6) is 0.445. The second kappa shape index (κ2) is 8.70. The lowest BCUT2D eigenvalue weighted by molar-refractivity contribution is -0.111. The van der Waals surface area contributed by atoms with Crippen LogP contribution in [0.15, 0.2) is 77.4 Å². The Labute approximate surface area is 186 Å². The molecule has 4 rings (SSSR count). The van der Waals surface area contributed by atoms with E-state index >= 15 is 0 Å². The number of anilines is 1. The number of halogens is 1. The Morgan fingerprint density at radius 3 is 2.58 bits per heavy atom. The number of carbonyl (C=O) groups excluding carboxylic acids is 1. The number of furan rings is 1. The molecule has 0 aliphatic heterocycles. The van der Waals surface area contributed by atoms with Crippen LogP contribution in [0, 0.1) is 6.92 Å². The van der Waals surface area contributed by atoms with Crippen molar-refractivity contribution >= 4 is 39.7 Å². The second-order valence-electron chi connectivity index (χ2n) is 7.30. The third kappa shape index (κ3) is 4.21. The van der Waals surface area contributed by atoms with E-state index in [2.05, 4.69) is 5.32 Å². The fourth-order valence-corrected chi connectivity index (χ4v) is 3.92. The molecule has 0 aliphatic carbocycles. The van der Waals surface area contributed by atoms with Crippen LogP contribution in [0.5, 0.6) is 5.75 Å². The number of methoxy groups -OCH3 is 1. The number of hydrogen-bond acceptors (Lipinski definition) is 3. The summed E-state index contributed by atoms with van der Waals surface area (Å²) in [7, 11) is 1.62. The fourth-order valence-electron chi connectivity index (χ4n) is 3.73. The van der Waals surface area contributed by atoms with E-state index in [0.717, 1.165) is 38.8 Å². The van der Waals surface area contributed by atoms with Gasteiger partial charge in [-0.15, -0.1) is 0 Å². The van der Waals surface area contributed by atoms with Gasteiger partial charge in [0.15, 0.2) is 0 Å². The van der Waals surface area contributed by atoms with Crippen molar-refractivity contribution in [1.82, 2.24) is 0 Å². The number of fused-ring (bicyclic) bond motifs is 1. The first-order valence-corrected chi connectivity index (χ1v) is 10.2. The lowest BCUT2D eigenvalue weighted by atomic mass is 9.96. The number of amides is 1. The van der Waals surface area contributed by atoms with Gasteiger partial charge >= 0.3 is 0 Å². The van der Waals surface area contributed by atoms with E-state index in [1.807, 2.05) is 50.2 Å². The van der Waals surface area contributed by atoms with Crippen LogP contribution in [0.1, 0.15) is 18.1 Å². The van der Waals surface area contributed by atoms with Gasteiger partial charge in [-0.3, -0.25) is 4.79 Å². The topological polar surface area (TPSA) is 51.5 Å². The average Bonchev–Trinajstić information content (AvgIpc) is 3.18. The molecule has 4 nitrogen and oxygen atoms in total. The maximum atomic E-state index is 12.6. The number of benzene rings is 3. The number of rotatable bonds is 5. The Kier molecular flexibility index (Phi) is 5.83. The highest BCUT2D eigenvalue weighted by Gasteiger charge is 2.18. The lowest BCUT2D eigenvalue weighted by Gasteiger charge is -2.13. The van der Waals surface area contributed by atoms with Crippen LogP contribution in [0.3, 0.4) is 0 Å². The predicted molar refractivity (Wildman–Crippen MR) is 127 cm³/mol. The van der Waals surface area contributed by atoms with Gasteiger partial charge in [0.2, 0.25) is 5.91 Å². The van der Waals surface area contributed by atoms with Crippen LogP contribution in [0.2, 0.25) is 5.02 Å². The lowest BCUT2D eigenvalue weighted by Crippen LogP contribution is -2.08. The number of nitrogens with one attached hydrogen (secondary N) is 1. The van der Waals surface area contributed by atoms with Gasteiger partial charge < -0.3 is 14.5 Å². The molecular formula is C26H22ClNO3. The first-order valence-electron chi connectivity index (χ1n) is 9.87. The second-order valence-corrected chi connectivity index (χ2v) is 7.74. The van der Waals surface area contributed by atoms with Crippen LogP contribution in [0.4, 0.5) is 5.69 Å². The SMILES string of the molecule is COc1c(/C(C)=C/C(=O)Nc2cccc(Cl)c2)cc2c(-c3ccccc3)coc2c1C. The molecule has 0 saturated carbocycles. The number of allylic oxidation sites excluding steroid dienone is 1. The third-order valence-electron chi connectivity index (χ3n) is 5.20. The van der Waals surface area contributed by atoms with Crippen molar-refractivity contribution < 1.29 is 13.9 Å². The minimum atomic E-state index is -0.241. The van der Waals surface area contributed by atoms with E-state index in [1.54, 1.807) is 43.7 Å². The van der Waals surface area contributed by atoms with Crippen molar-refractivity contribution in [3.63, 3.8) is 0 Å². The van der Waals surface area contributed by atoms with E-state index in [0.29, 0.717) is 16.5 Å². The van der Waals surface area contributed by atoms with E-state index in [-0.39, 0.29) is 5.91 Å². The molecule has 0 spiro atoms. The van der Waals surface area contributed by atoms with Gasteiger partial charge in [-0.05, 0) is 49.2 Å². The maximum Gasteiger partial charge on any atom is 0.248 e. The van der Waals surface area contributed by atoms with Gasteiger partial charge in [-0.2, -0.15) is 0 Å². The van der Waals surface area contributed by atoms with Crippen LogP contribution in [-0.4, -0.2) is 13.0 Å². The first-order chi connectivity index (χ1) is 15.0. The number of ether oxygens (including phenoxy) is 1. The number of carbonyl (C=O) groups is 1. The zero-order valence-corrected chi connectivity index (χ0v) is 18.3. The largest absolute Gasteiger partial charge is 0.496 e.